The molecule has 1 rings (SSSR count). The number of aryl methyl sites for hydroxylation is 1. The van der Waals surface area contributed by atoms with Gasteiger partial charge >= 0.3 is 0 Å². The van der Waals surface area contributed by atoms with Crippen LogP contribution in [0.2, 0.25) is 0 Å². The summed E-state index contributed by atoms with van der Waals surface area (Å²) >= 11 is 0. The minimum Gasteiger partial charge on any atom is -0.377 e. The second-order valence-corrected chi connectivity index (χ2v) is 3.80. The van der Waals surface area contributed by atoms with Crippen molar-refractivity contribution in [3.8, 4) is 0 Å². The molecule has 1 unspecified atom stereocenters. The lowest BCUT2D eigenvalue weighted by atomic mass is 10.0. The summed E-state index contributed by atoms with van der Waals surface area (Å²) in [5.41, 5.74) is 1.17. The van der Waals surface area contributed by atoms with Gasteiger partial charge < -0.3 is 4.74 Å². The summed E-state index contributed by atoms with van der Waals surface area (Å²) in [6, 6.07) is 0. The van der Waals surface area contributed by atoms with Crippen molar-refractivity contribution >= 4 is 0 Å². The Morgan fingerprint density at radius 3 is 2.62 bits per heavy atom. The van der Waals surface area contributed by atoms with Crippen LogP contribution in [0.25, 0.3) is 0 Å². The van der Waals surface area contributed by atoms with Crippen LogP contribution in [-0.4, -0.2) is 16.9 Å². The zero-order valence-electron chi connectivity index (χ0n) is 8.82. The van der Waals surface area contributed by atoms with Gasteiger partial charge in [0.05, 0.1) is 12.3 Å². The molecule has 0 spiro atoms. The van der Waals surface area contributed by atoms with Crippen LogP contribution in [0.1, 0.15) is 31.9 Å². The highest BCUT2D eigenvalue weighted by molar-refractivity contribution is 5.08. The van der Waals surface area contributed by atoms with E-state index in [-0.39, 0.29) is 6.10 Å². The summed E-state index contributed by atoms with van der Waals surface area (Å²) in [5.74, 6) is 0.644. The average Bonchev–Trinajstić information content (AvgIpc) is 2.47. The van der Waals surface area contributed by atoms with Gasteiger partial charge in [0, 0.05) is 25.9 Å². The number of rotatable bonds is 4. The second-order valence-electron chi connectivity index (χ2n) is 3.80. The van der Waals surface area contributed by atoms with Gasteiger partial charge in [0.25, 0.3) is 0 Å². The third-order valence-electron chi connectivity index (χ3n) is 2.07. The highest BCUT2D eigenvalue weighted by Crippen LogP contribution is 2.23. The SMILES string of the molecule is COC(CC(C)C)c1cnn(C)c1. The third-order valence-corrected chi connectivity index (χ3v) is 2.07. The van der Waals surface area contributed by atoms with E-state index in [1.165, 1.54) is 5.56 Å². The minimum absolute atomic E-state index is 0.189. The Hall–Kier alpha value is -0.830. The highest BCUT2D eigenvalue weighted by atomic mass is 16.5. The summed E-state index contributed by atoms with van der Waals surface area (Å²) in [5, 5.41) is 4.13. The van der Waals surface area contributed by atoms with Crippen molar-refractivity contribution in [2.45, 2.75) is 26.4 Å². The molecule has 0 N–H and O–H groups in total. The molecule has 0 fully saturated rings. The fraction of sp³-hybridized carbons (Fsp3) is 0.700. The molecule has 3 heteroatoms. The molecule has 74 valence electrons. The monoisotopic (exact) mass is 182 g/mol. The molecule has 1 atom stereocenters. The van der Waals surface area contributed by atoms with Crippen molar-refractivity contribution in [3.63, 3.8) is 0 Å². The number of hydrogen-bond acceptors (Lipinski definition) is 2. The van der Waals surface area contributed by atoms with Crippen molar-refractivity contribution < 1.29 is 4.74 Å². The molecule has 1 heterocycles. The normalized spacial score (nSPS) is 13.6. The number of methoxy groups -OCH3 is 1. The predicted molar refractivity (Wildman–Crippen MR) is 52.4 cm³/mol. The number of ether oxygens (including phenoxy) is 1. The average molecular weight is 182 g/mol. The number of hydrogen-bond donors (Lipinski definition) is 0. The van der Waals surface area contributed by atoms with Gasteiger partial charge in [0.2, 0.25) is 0 Å². The Labute approximate surface area is 79.7 Å². The molecule has 13 heavy (non-hydrogen) atoms. The maximum Gasteiger partial charge on any atom is 0.0854 e. The van der Waals surface area contributed by atoms with Crippen LogP contribution in [0.5, 0.6) is 0 Å². The molecule has 0 aliphatic heterocycles. The van der Waals surface area contributed by atoms with Gasteiger partial charge in [-0.1, -0.05) is 13.8 Å². The first kappa shape index (κ1) is 10.3. The van der Waals surface area contributed by atoms with Gasteiger partial charge in [-0.2, -0.15) is 5.10 Å². The predicted octanol–water partition coefficient (Wildman–Crippen LogP) is 2.15. The molecule has 0 bridgehead atoms. The van der Waals surface area contributed by atoms with Crippen molar-refractivity contribution in [2.24, 2.45) is 13.0 Å². The standard InChI is InChI=1S/C10H18N2O/c1-8(2)5-10(13-4)9-6-11-12(3)7-9/h6-8,10H,5H2,1-4H3. The molecular formula is C10H18N2O. The topological polar surface area (TPSA) is 27.1 Å². The Balaban J connectivity index is 2.66. The van der Waals surface area contributed by atoms with E-state index in [1.807, 2.05) is 24.1 Å². The maximum atomic E-state index is 5.41. The van der Waals surface area contributed by atoms with E-state index in [1.54, 1.807) is 7.11 Å². The lowest BCUT2D eigenvalue weighted by Gasteiger charge is -2.15. The molecule has 3 nitrogen and oxygen atoms in total. The van der Waals surface area contributed by atoms with Crippen molar-refractivity contribution in [2.75, 3.05) is 7.11 Å². The molecule has 1 aromatic rings. The zero-order valence-corrected chi connectivity index (χ0v) is 8.82. The van der Waals surface area contributed by atoms with Crippen LogP contribution in [0.3, 0.4) is 0 Å². The summed E-state index contributed by atoms with van der Waals surface area (Å²) in [6.07, 6.45) is 5.11. The number of aromatic nitrogens is 2. The minimum atomic E-state index is 0.189. The lowest BCUT2D eigenvalue weighted by Crippen LogP contribution is -2.04. The zero-order chi connectivity index (χ0) is 9.84. The molecule has 0 amide bonds. The molecule has 1 aromatic heterocycles. The van der Waals surface area contributed by atoms with E-state index in [9.17, 15) is 0 Å². The maximum absolute atomic E-state index is 5.41. The van der Waals surface area contributed by atoms with E-state index >= 15 is 0 Å². The quantitative estimate of drug-likeness (QED) is 0.713. The first-order chi connectivity index (χ1) is 6.13. The molecule has 0 saturated heterocycles. The Bertz CT molecular complexity index is 255. The van der Waals surface area contributed by atoms with Crippen LogP contribution < -0.4 is 0 Å². The van der Waals surface area contributed by atoms with Crippen LogP contribution in [-0.2, 0) is 11.8 Å². The van der Waals surface area contributed by atoms with Gasteiger partial charge in [-0.15, -0.1) is 0 Å². The Morgan fingerprint density at radius 1 is 1.54 bits per heavy atom. The van der Waals surface area contributed by atoms with Crippen molar-refractivity contribution in [1.29, 1.82) is 0 Å². The van der Waals surface area contributed by atoms with Gasteiger partial charge in [-0.25, -0.2) is 0 Å². The fourth-order valence-corrected chi connectivity index (χ4v) is 1.40. The molecular weight excluding hydrogens is 164 g/mol. The van der Waals surface area contributed by atoms with Gasteiger partial charge in [0.1, 0.15) is 0 Å². The van der Waals surface area contributed by atoms with Gasteiger partial charge in [-0.05, 0) is 12.3 Å². The largest absolute Gasteiger partial charge is 0.377 e. The van der Waals surface area contributed by atoms with E-state index in [0.29, 0.717) is 5.92 Å². The Kier molecular flexibility index (Phi) is 3.48. The fourth-order valence-electron chi connectivity index (χ4n) is 1.40. The van der Waals surface area contributed by atoms with E-state index in [2.05, 4.69) is 18.9 Å². The van der Waals surface area contributed by atoms with Crippen LogP contribution in [0.4, 0.5) is 0 Å². The van der Waals surface area contributed by atoms with Crippen LogP contribution >= 0.6 is 0 Å². The molecule has 0 aliphatic carbocycles. The summed E-state index contributed by atoms with van der Waals surface area (Å²) in [7, 11) is 3.67. The van der Waals surface area contributed by atoms with Crippen molar-refractivity contribution in [3.05, 3.63) is 18.0 Å². The molecule has 0 radical (unpaired) electrons. The first-order valence-electron chi connectivity index (χ1n) is 4.64. The summed E-state index contributed by atoms with van der Waals surface area (Å²) in [4.78, 5) is 0. The second kappa shape index (κ2) is 4.42. The first-order valence-corrected chi connectivity index (χ1v) is 4.64. The molecule has 0 saturated carbocycles. The lowest BCUT2D eigenvalue weighted by molar-refractivity contribution is 0.0845. The third kappa shape index (κ3) is 2.84. The van der Waals surface area contributed by atoms with Crippen LogP contribution in [0.15, 0.2) is 12.4 Å². The van der Waals surface area contributed by atoms with Gasteiger partial charge in [-0.3, -0.25) is 4.68 Å². The Morgan fingerprint density at radius 2 is 2.23 bits per heavy atom. The smallest absolute Gasteiger partial charge is 0.0854 e. The van der Waals surface area contributed by atoms with E-state index in [4.69, 9.17) is 4.74 Å². The van der Waals surface area contributed by atoms with E-state index < -0.39 is 0 Å². The van der Waals surface area contributed by atoms with Gasteiger partial charge in [0.15, 0.2) is 0 Å². The summed E-state index contributed by atoms with van der Waals surface area (Å²) in [6.45, 7) is 4.39. The molecule has 0 aromatic carbocycles. The molecule has 0 aliphatic rings. The van der Waals surface area contributed by atoms with Crippen LogP contribution in [0, 0.1) is 5.92 Å². The highest BCUT2D eigenvalue weighted by Gasteiger charge is 2.13. The number of nitrogens with zero attached hydrogens (tertiary/aromatic N) is 2. The summed E-state index contributed by atoms with van der Waals surface area (Å²) < 4.78 is 7.21. The van der Waals surface area contributed by atoms with E-state index in [0.717, 1.165) is 6.42 Å². The van der Waals surface area contributed by atoms with Crippen molar-refractivity contribution in [1.82, 2.24) is 9.78 Å².